The summed E-state index contributed by atoms with van der Waals surface area (Å²) in [6.07, 6.45) is 1.71. The summed E-state index contributed by atoms with van der Waals surface area (Å²) in [5.41, 5.74) is -1.32. The van der Waals surface area contributed by atoms with Crippen molar-refractivity contribution >= 4 is 64.9 Å². The minimum Gasteiger partial charge on any atom is -0.514 e. The lowest BCUT2D eigenvalue weighted by molar-refractivity contribution is 0.0851. The van der Waals surface area contributed by atoms with Gasteiger partial charge in [0, 0.05) is 29.9 Å². The van der Waals surface area contributed by atoms with Crippen LogP contribution >= 0.6 is 9.24 Å². The topological polar surface area (TPSA) is 66.6 Å². The number of halogens is 3. The van der Waals surface area contributed by atoms with Gasteiger partial charge in [-0.3, -0.25) is 0 Å². The number of hydrogen-bond donors (Lipinski definition) is 1. The number of sulfone groups is 1. The molecule has 42 heavy (non-hydrogen) atoms. The zero-order valence-electron chi connectivity index (χ0n) is 23.1. The van der Waals surface area contributed by atoms with Crippen LogP contribution in [-0.4, -0.2) is 97.2 Å². The van der Waals surface area contributed by atoms with Gasteiger partial charge in [-0.05, 0) is 55.0 Å². The first kappa shape index (κ1) is 30.7. The molecular formula is C27H27B3F3N4O3PS. The quantitative estimate of drug-likeness (QED) is 0.140. The third-order valence-corrected chi connectivity index (χ3v) is 8.53. The number of benzene rings is 2. The molecule has 3 atom stereocenters. The Kier molecular flexibility index (Phi) is 7.87. The number of ether oxygens (including phenoxy) is 1. The molecule has 214 valence electrons. The van der Waals surface area contributed by atoms with Gasteiger partial charge in [0.25, 0.3) is 5.66 Å². The summed E-state index contributed by atoms with van der Waals surface area (Å²) in [6.45, 7) is 0.416. The lowest BCUT2D eigenvalue weighted by atomic mass is 9.52. The van der Waals surface area contributed by atoms with E-state index >= 15 is 4.39 Å². The van der Waals surface area contributed by atoms with Gasteiger partial charge in [-0.15, -0.1) is 0 Å². The minimum atomic E-state index is -3.56. The smallest absolute Gasteiger partial charge is 0.276 e. The predicted molar refractivity (Wildman–Crippen MR) is 164 cm³/mol. The highest BCUT2D eigenvalue weighted by atomic mass is 32.2. The van der Waals surface area contributed by atoms with E-state index in [-0.39, 0.29) is 29.8 Å². The molecule has 0 amide bonds. The number of piperidine rings is 1. The van der Waals surface area contributed by atoms with Crippen LogP contribution in [-0.2, 0) is 16.4 Å². The van der Waals surface area contributed by atoms with Crippen LogP contribution in [0.1, 0.15) is 12.1 Å². The maximum absolute atomic E-state index is 15.7. The van der Waals surface area contributed by atoms with E-state index in [0.717, 1.165) is 12.8 Å². The summed E-state index contributed by atoms with van der Waals surface area (Å²) in [6, 6.07) is 10.7. The maximum Gasteiger partial charge on any atom is 0.276 e. The highest BCUT2D eigenvalue weighted by Crippen LogP contribution is 2.52. The summed E-state index contributed by atoms with van der Waals surface area (Å²) < 4.78 is 74.9. The monoisotopic (exact) mass is 608 g/mol. The number of alkyl halides is 3. The first-order chi connectivity index (χ1) is 19.5. The number of anilines is 2. The molecule has 1 N–H and O–H groups in total. The third kappa shape index (κ3) is 6.44. The lowest BCUT2D eigenvalue weighted by Crippen LogP contribution is -2.37. The van der Waals surface area contributed by atoms with E-state index in [1.807, 2.05) is 11.9 Å². The van der Waals surface area contributed by atoms with Crippen LogP contribution in [0.15, 0.2) is 47.4 Å². The number of rotatable bonds is 8. The van der Waals surface area contributed by atoms with Crippen LogP contribution < -0.4 is 15.0 Å². The third-order valence-electron chi connectivity index (χ3n) is 7.23. The van der Waals surface area contributed by atoms with E-state index in [1.54, 1.807) is 38.4 Å². The summed E-state index contributed by atoms with van der Waals surface area (Å²) in [4.78, 5) is 3.64. The van der Waals surface area contributed by atoms with Gasteiger partial charge >= 0.3 is 0 Å². The molecule has 1 aromatic heterocycles. The average molecular weight is 608 g/mol. The van der Waals surface area contributed by atoms with Crippen LogP contribution in [0, 0.1) is 11.8 Å². The van der Waals surface area contributed by atoms with Crippen molar-refractivity contribution in [3.63, 3.8) is 0 Å². The Labute approximate surface area is 249 Å². The standard InChI is InChI=1S/C27H27B3F3N4O3PS/c1-35-12-10-24-25(31,15-35)37(24)22-7-3-6-21-19(22)13-17(36(21)16-26(32,33)41)5-4-11-34-20-9-8-18(42(2,38)39)14-23(20)40-27(28,29)30/h3,6-9,13-14,24,34H,10-12,15-16,41H2,1-2H3/t24-,25-,37?/m1/s1. The second-order valence-corrected chi connectivity index (χ2v) is 13.7. The van der Waals surface area contributed by atoms with Crippen LogP contribution in [0.2, 0.25) is 0 Å². The molecule has 2 aliphatic heterocycles. The molecule has 3 aromatic rings. The van der Waals surface area contributed by atoms with Crippen molar-refractivity contribution in [2.45, 2.75) is 40.7 Å². The van der Waals surface area contributed by atoms with E-state index in [9.17, 15) is 17.2 Å². The Morgan fingerprint density at radius 2 is 1.95 bits per heavy atom. The fourth-order valence-corrected chi connectivity index (χ4v) is 6.28. The molecule has 3 heterocycles. The highest BCUT2D eigenvalue weighted by molar-refractivity contribution is 7.90. The Hall–Kier alpha value is -2.74. The van der Waals surface area contributed by atoms with E-state index in [0.29, 0.717) is 34.4 Å². The zero-order valence-corrected chi connectivity index (χ0v) is 25.0. The molecule has 2 aromatic carbocycles. The largest absolute Gasteiger partial charge is 0.514 e. The molecule has 5 rings (SSSR count). The van der Waals surface area contributed by atoms with Crippen LogP contribution in [0.25, 0.3) is 10.9 Å². The normalized spacial score (nSPS) is 21.0. The number of nitrogens with zero attached hydrogens (tertiary/aromatic N) is 3. The number of hydrogen-bond acceptors (Lipinski definition) is 6. The summed E-state index contributed by atoms with van der Waals surface area (Å²) >= 11 is 0. The van der Waals surface area contributed by atoms with Crippen molar-refractivity contribution in [3.05, 3.63) is 48.2 Å². The molecule has 2 fully saturated rings. The molecule has 7 nitrogen and oxygen atoms in total. The molecule has 2 aliphatic rings. The van der Waals surface area contributed by atoms with E-state index in [4.69, 9.17) is 28.3 Å². The average Bonchev–Trinajstić information content (AvgIpc) is 3.31. The SMILES string of the molecule is [B]C([B])([B])Oc1cc(S(C)(=O)=O)ccc1NCC#Cc1cc2c(N3[C@@H]4CCN(C)C[C@]43F)cccc2n1CC(F)(F)P. The number of likely N-dealkylation sites (tertiary alicyclic amines) is 1. The molecule has 0 spiro atoms. The van der Waals surface area contributed by atoms with Gasteiger partial charge in [0.1, 0.15) is 29.3 Å². The summed E-state index contributed by atoms with van der Waals surface area (Å²) in [7, 11) is 16.5. The molecule has 2 saturated heterocycles. The van der Waals surface area contributed by atoms with Crippen molar-refractivity contribution in [2.24, 2.45) is 0 Å². The first-order valence-electron chi connectivity index (χ1n) is 13.0. The molecule has 6 radical (unpaired) electrons. The molecule has 1 unspecified atom stereocenters. The van der Waals surface area contributed by atoms with Crippen molar-refractivity contribution in [3.8, 4) is 17.6 Å². The number of nitrogens with one attached hydrogen (secondary N) is 1. The Morgan fingerprint density at radius 3 is 2.60 bits per heavy atom. The zero-order chi connectivity index (χ0) is 30.7. The molecule has 0 bridgehead atoms. The highest BCUT2D eigenvalue weighted by Gasteiger charge is 2.66. The van der Waals surface area contributed by atoms with Crippen LogP contribution in [0.5, 0.6) is 5.75 Å². The number of likely N-dealkylation sites (N-methyl/N-ethyl adjacent to an activating group) is 1. The predicted octanol–water partition coefficient (Wildman–Crippen LogP) is 2.66. The molecule has 15 heteroatoms. The van der Waals surface area contributed by atoms with Crippen molar-refractivity contribution in [2.75, 3.05) is 43.2 Å². The van der Waals surface area contributed by atoms with Gasteiger partial charge in [-0.1, -0.05) is 21.2 Å². The minimum absolute atomic E-state index is 0.0145. The second kappa shape index (κ2) is 10.8. The fourth-order valence-electron chi connectivity index (χ4n) is 5.46. The molecular weight excluding hydrogens is 581 g/mol. The fraction of sp³-hybridized carbons (Fsp3) is 0.407. The van der Waals surface area contributed by atoms with Gasteiger partial charge in [0.05, 0.1) is 47.5 Å². The van der Waals surface area contributed by atoms with Gasteiger partial charge < -0.3 is 24.4 Å². The summed E-state index contributed by atoms with van der Waals surface area (Å²) in [5.74, 6) is 4.34. The van der Waals surface area contributed by atoms with Crippen LogP contribution in [0.4, 0.5) is 24.5 Å². The first-order valence-corrected chi connectivity index (χ1v) is 15.5. The van der Waals surface area contributed by atoms with Gasteiger partial charge in [-0.25, -0.2) is 21.6 Å². The van der Waals surface area contributed by atoms with Gasteiger partial charge in [0.15, 0.2) is 9.84 Å². The summed E-state index contributed by atoms with van der Waals surface area (Å²) in [5, 5.41) is 1.54. The van der Waals surface area contributed by atoms with E-state index in [1.165, 1.54) is 22.8 Å². The van der Waals surface area contributed by atoms with E-state index < -0.39 is 33.1 Å². The van der Waals surface area contributed by atoms with Crippen molar-refractivity contribution in [1.29, 1.82) is 0 Å². The van der Waals surface area contributed by atoms with Gasteiger partial charge in [-0.2, -0.15) is 0 Å². The van der Waals surface area contributed by atoms with Crippen molar-refractivity contribution < 1.29 is 26.3 Å². The molecule has 0 aliphatic carbocycles. The van der Waals surface area contributed by atoms with Crippen molar-refractivity contribution in [1.82, 2.24) is 9.47 Å². The number of fused-ring (bicyclic) bond motifs is 2. The lowest BCUT2D eigenvalue weighted by Gasteiger charge is -2.25. The number of aromatic nitrogens is 1. The Balaban J connectivity index is 1.45. The Bertz CT molecular complexity index is 1700. The Morgan fingerprint density at radius 1 is 1.21 bits per heavy atom. The second-order valence-electron chi connectivity index (χ2n) is 10.9. The van der Waals surface area contributed by atoms with E-state index in [2.05, 4.69) is 17.2 Å². The van der Waals surface area contributed by atoms with Crippen LogP contribution in [0.3, 0.4) is 0 Å². The molecule has 0 saturated carbocycles. The van der Waals surface area contributed by atoms with Gasteiger partial charge in [0.2, 0.25) is 5.79 Å². The maximum atomic E-state index is 15.7.